The lowest BCUT2D eigenvalue weighted by Crippen LogP contribution is -2.22. The maximum Gasteiger partial charge on any atom is 0.250 e. The number of hydrogen-bond acceptors (Lipinski definition) is 4. The van der Waals surface area contributed by atoms with E-state index in [-0.39, 0.29) is 11.1 Å². The highest BCUT2D eigenvalue weighted by Crippen LogP contribution is 2.22. The van der Waals surface area contributed by atoms with Gasteiger partial charge in [0.05, 0.1) is 16.0 Å². The number of carbonyl (C=O) groups is 2. The number of aryl methyl sites for hydroxylation is 1. The number of benzene rings is 1. The molecule has 0 saturated heterocycles. The summed E-state index contributed by atoms with van der Waals surface area (Å²) in [7, 11) is -3.77. The van der Waals surface area contributed by atoms with E-state index in [2.05, 4.69) is 0 Å². The van der Waals surface area contributed by atoms with Crippen LogP contribution in [0.1, 0.15) is 26.3 Å². The molecule has 0 unspecified atom stereocenters. The van der Waals surface area contributed by atoms with Crippen LogP contribution in [0.3, 0.4) is 0 Å². The molecular weight excluding hydrogens is 244 g/mol. The Balaban J connectivity index is 3.85. The van der Waals surface area contributed by atoms with E-state index < -0.39 is 26.5 Å². The van der Waals surface area contributed by atoms with Gasteiger partial charge in [0, 0.05) is 6.26 Å². The van der Waals surface area contributed by atoms with Gasteiger partial charge in [-0.05, 0) is 24.6 Å². The van der Waals surface area contributed by atoms with Crippen molar-refractivity contribution in [3.8, 4) is 0 Å². The van der Waals surface area contributed by atoms with Gasteiger partial charge in [-0.15, -0.1) is 0 Å². The van der Waals surface area contributed by atoms with Crippen LogP contribution in [0, 0.1) is 6.92 Å². The number of amides is 2. The van der Waals surface area contributed by atoms with Gasteiger partial charge in [-0.3, -0.25) is 9.59 Å². The number of primary amides is 2. The summed E-state index contributed by atoms with van der Waals surface area (Å²) in [4.78, 5) is 22.0. The predicted molar refractivity (Wildman–Crippen MR) is 61.3 cm³/mol. The van der Waals surface area contributed by atoms with Gasteiger partial charge in [0.2, 0.25) is 11.8 Å². The van der Waals surface area contributed by atoms with Crippen LogP contribution in [0.4, 0.5) is 0 Å². The Morgan fingerprint density at radius 2 is 1.41 bits per heavy atom. The van der Waals surface area contributed by atoms with Crippen molar-refractivity contribution in [1.29, 1.82) is 0 Å². The van der Waals surface area contributed by atoms with Gasteiger partial charge in [-0.2, -0.15) is 0 Å². The minimum Gasteiger partial charge on any atom is -0.366 e. The first kappa shape index (κ1) is 13.2. The van der Waals surface area contributed by atoms with Gasteiger partial charge in [-0.25, -0.2) is 8.42 Å². The van der Waals surface area contributed by atoms with Crippen LogP contribution in [0.5, 0.6) is 0 Å². The molecule has 0 fully saturated rings. The van der Waals surface area contributed by atoms with E-state index in [1.165, 1.54) is 12.1 Å². The second kappa shape index (κ2) is 4.17. The summed E-state index contributed by atoms with van der Waals surface area (Å²) in [5.41, 5.74) is 10.3. The quantitative estimate of drug-likeness (QED) is 0.764. The van der Waals surface area contributed by atoms with Gasteiger partial charge in [0.25, 0.3) is 0 Å². The number of sulfone groups is 1. The smallest absolute Gasteiger partial charge is 0.250 e. The number of carbonyl (C=O) groups excluding carboxylic acids is 2. The Morgan fingerprint density at radius 3 is 1.65 bits per heavy atom. The summed E-state index contributed by atoms with van der Waals surface area (Å²) in [6.45, 7) is 1.60. The van der Waals surface area contributed by atoms with Crippen molar-refractivity contribution in [3.05, 3.63) is 28.8 Å². The lowest BCUT2D eigenvalue weighted by Gasteiger charge is -2.10. The van der Waals surface area contributed by atoms with E-state index in [1.807, 2.05) is 0 Å². The van der Waals surface area contributed by atoms with Crippen molar-refractivity contribution < 1.29 is 18.0 Å². The van der Waals surface area contributed by atoms with E-state index in [9.17, 15) is 18.0 Å². The molecule has 0 saturated carbocycles. The van der Waals surface area contributed by atoms with Crippen LogP contribution in [0.15, 0.2) is 17.0 Å². The fourth-order valence-electron chi connectivity index (χ4n) is 1.54. The standard InChI is InChI=1S/C10H12N2O4S/c1-5-3-6(9(11)13)8(17(2,15)16)7(4-5)10(12)14/h3-4H,1-2H3,(H2,11,13)(H2,12,14). The molecule has 1 aromatic carbocycles. The first-order valence-electron chi connectivity index (χ1n) is 4.59. The van der Waals surface area contributed by atoms with Crippen LogP contribution in [-0.4, -0.2) is 26.5 Å². The van der Waals surface area contributed by atoms with E-state index >= 15 is 0 Å². The van der Waals surface area contributed by atoms with Gasteiger partial charge in [0.15, 0.2) is 9.84 Å². The molecule has 2 amide bonds. The fourth-order valence-corrected chi connectivity index (χ4v) is 2.66. The summed E-state index contributed by atoms with van der Waals surface area (Å²) in [6, 6.07) is 2.62. The molecule has 1 aromatic rings. The molecule has 0 aromatic heterocycles. The molecule has 6 nitrogen and oxygen atoms in total. The van der Waals surface area contributed by atoms with Gasteiger partial charge in [0.1, 0.15) is 0 Å². The lowest BCUT2D eigenvalue weighted by molar-refractivity contribution is 0.0995. The third-order valence-corrected chi connectivity index (χ3v) is 3.32. The molecular formula is C10H12N2O4S. The van der Waals surface area contributed by atoms with Gasteiger partial charge < -0.3 is 11.5 Å². The minimum atomic E-state index is -3.77. The highest BCUT2D eigenvalue weighted by atomic mass is 32.2. The van der Waals surface area contributed by atoms with Crippen LogP contribution in [0.2, 0.25) is 0 Å². The van der Waals surface area contributed by atoms with Crippen molar-refractivity contribution in [2.75, 3.05) is 6.26 Å². The Hall–Kier alpha value is -1.89. The number of rotatable bonds is 3. The van der Waals surface area contributed by atoms with E-state index in [0.717, 1.165) is 6.26 Å². The monoisotopic (exact) mass is 256 g/mol. The van der Waals surface area contributed by atoms with Crippen molar-refractivity contribution >= 4 is 21.7 Å². The molecule has 0 radical (unpaired) electrons. The van der Waals surface area contributed by atoms with Crippen molar-refractivity contribution in [2.24, 2.45) is 11.5 Å². The average Bonchev–Trinajstić information content (AvgIpc) is 2.14. The highest BCUT2D eigenvalue weighted by molar-refractivity contribution is 7.90. The molecule has 0 atom stereocenters. The van der Waals surface area contributed by atoms with Crippen LogP contribution >= 0.6 is 0 Å². The Kier molecular flexibility index (Phi) is 3.23. The second-order valence-corrected chi connectivity index (χ2v) is 5.64. The highest BCUT2D eigenvalue weighted by Gasteiger charge is 2.24. The third kappa shape index (κ3) is 2.62. The third-order valence-electron chi connectivity index (χ3n) is 2.13. The van der Waals surface area contributed by atoms with Crippen molar-refractivity contribution in [2.45, 2.75) is 11.8 Å². The number of hydrogen-bond donors (Lipinski definition) is 2. The molecule has 7 heteroatoms. The summed E-state index contributed by atoms with van der Waals surface area (Å²) >= 11 is 0. The topological polar surface area (TPSA) is 120 Å². The van der Waals surface area contributed by atoms with Crippen molar-refractivity contribution in [3.63, 3.8) is 0 Å². The van der Waals surface area contributed by atoms with E-state index in [0.29, 0.717) is 5.56 Å². The second-order valence-electron chi connectivity index (χ2n) is 3.69. The Morgan fingerprint density at radius 1 is 1.06 bits per heavy atom. The van der Waals surface area contributed by atoms with E-state index in [1.54, 1.807) is 6.92 Å². The molecule has 0 aliphatic carbocycles. The van der Waals surface area contributed by atoms with Crippen LogP contribution in [0.25, 0.3) is 0 Å². The van der Waals surface area contributed by atoms with Gasteiger partial charge >= 0.3 is 0 Å². The molecule has 17 heavy (non-hydrogen) atoms. The molecule has 92 valence electrons. The van der Waals surface area contributed by atoms with Gasteiger partial charge in [-0.1, -0.05) is 0 Å². The van der Waals surface area contributed by atoms with Crippen molar-refractivity contribution in [1.82, 2.24) is 0 Å². The average molecular weight is 256 g/mol. The lowest BCUT2D eigenvalue weighted by atomic mass is 10.1. The summed E-state index contributed by atoms with van der Waals surface area (Å²) in [5.74, 6) is -1.84. The summed E-state index contributed by atoms with van der Waals surface area (Å²) in [5, 5.41) is 0. The number of nitrogens with two attached hydrogens (primary N) is 2. The minimum absolute atomic E-state index is 0.221. The maximum atomic E-state index is 11.6. The SMILES string of the molecule is Cc1cc(C(N)=O)c(S(C)(=O)=O)c(C(N)=O)c1. The Bertz CT molecular complexity index is 570. The largest absolute Gasteiger partial charge is 0.366 e. The zero-order chi connectivity index (χ0) is 13.4. The van der Waals surface area contributed by atoms with Crippen LogP contribution < -0.4 is 11.5 Å². The summed E-state index contributed by atoms with van der Waals surface area (Å²) < 4.78 is 23.2. The fraction of sp³-hybridized carbons (Fsp3) is 0.200. The first-order valence-corrected chi connectivity index (χ1v) is 6.48. The first-order chi connectivity index (χ1) is 7.64. The zero-order valence-corrected chi connectivity index (χ0v) is 10.2. The molecule has 0 aliphatic rings. The molecule has 0 bridgehead atoms. The molecule has 1 rings (SSSR count). The summed E-state index contributed by atoms with van der Waals surface area (Å²) in [6.07, 6.45) is 0.885. The maximum absolute atomic E-state index is 11.6. The zero-order valence-electron chi connectivity index (χ0n) is 9.35. The molecule has 0 spiro atoms. The normalized spacial score (nSPS) is 11.2. The van der Waals surface area contributed by atoms with E-state index in [4.69, 9.17) is 11.5 Å². The molecule has 0 heterocycles. The van der Waals surface area contributed by atoms with Crippen LogP contribution in [-0.2, 0) is 9.84 Å². The Labute approximate surface area is 98.5 Å². The predicted octanol–water partition coefficient (Wildman–Crippen LogP) is -0.404. The molecule has 0 aliphatic heterocycles. The molecule has 4 N–H and O–H groups in total.